The van der Waals surface area contributed by atoms with Gasteiger partial charge in [-0.3, -0.25) is 4.79 Å². The topological polar surface area (TPSA) is 78.5 Å². The molecule has 150 valence electrons. The molecule has 7 heteroatoms. The Morgan fingerprint density at radius 3 is 2.63 bits per heavy atom. The van der Waals surface area contributed by atoms with Gasteiger partial charge < -0.3 is 19.2 Å². The average molecular weight is 401 g/mol. The zero-order valence-electron chi connectivity index (χ0n) is 16.0. The van der Waals surface area contributed by atoms with E-state index in [9.17, 15) is 4.79 Å². The van der Waals surface area contributed by atoms with Gasteiger partial charge in [0.2, 0.25) is 0 Å². The van der Waals surface area contributed by atoms with Crippen LogP contribution >= 0.6 is 0 Å². The summed E-state index contributed by atoms with van der Waals surface area (Å²) in [6.07, 6.45) is 1.30. The van der Waals surface area contributed by atoms with Crippen LogP contribution in [0.1, 0.15) is 10.5 Å². The monoisotopic (exact) mass is 401 g/mol. The number of hydrogen-bond donors (Lipinski definition) is 1. The zero-order chi connectivity index (χ0) is 20.3. The number of amides is 1. The molecule has 0 aliphatic carbocycles. The Morgan fingerprint density at radius 1 is 1.03 bits per heavy atom. The van der Waals surface area contributed by atoms with Gasteiger partial charge in [-0.05, 0) is 36.4 Å². The molecule has 2 aromatic heterocycles. The van der Waals surface area contributed by atoms with E-state index in [1.165, 1.54) is 0 Å². The summed E-state index contributed by atoms with van der Waals surface area (Å²) in [6.45, 7) is 0.677. The molecule has 0 spiro atoms. The number of carbonyl (C=O) groups is 1. The maximum absolute atomic E-state index is 13.0. The van der Waals surface area contributed by atoms with Crippen molar-refractivity contribution in [3.05, 3.63) is 84.8 Å². The highest BCUT2D eigenvalue weighted by Gasteiger charge is 2.23. The lowest BCUT2D eigenvalue weighted by Gasteiger charge is -2.26. The van der Waals surface area contributed by atoms with Gasteiger partial charge in [0, 0.05) is 6.07 Å². The number of benzene rings is 2. The summed E-state index contributed by atoms with van der Waals surface area (Å²) in [5.41, 5.74) is 1.77. The van der Waals surface area contributed by atoms with Crippen LogP contribution < -0.4 is 14.8 Å². The van der Waals surface area contributed by atoms with E-state index in [4.69, 9.17) is 13.9 Å². The van der Waals surface area contributed by atoms with Crippen LogP contribution in [-0.2, 0) is 0 Å². The summed E-state index contributed by atoms with van der Waals surface area (Å²) in [6, 6.07) is 22.3. The van der Waals surface area contributed by atoms with Gasteiger partial charge >= 0.3 is 0 Å². The Hall–Kier alpha value is -4.00. The molecule has 3 heterocycles. The van der Waals surface area contributed by atoms with Crippen molar-refractivity contribution >= 4 is 5.91 Å². The molecule has 30 heavy (non-hydrogen) atoms. The Morgan fingerprint density at radius 2 is 1.83 bits per heavy atom. The fourth-order valence-corrected chi connectivity index (χ4v) is 3.31. The third kappa shape index (κ3) is 3.53. The van der Waals surface area contributed by atoms with Crippen molar-refractivity contribution in [3.63, 3.8) is 0 Å². The molecule has 0 fully saturated rings. The van der Waals surface area contributed by atoms with Gasteiger partial charge in [-0.15, -0.1) is 0 Å². The summed E-state index contributed by atoms with van der Waals surface area (Å²) >= 11 is 0. The Labute approximate surface area is 172 Å². The summed E-state index contributed by atoms with van der Waals surface area (Å²) < 4.78 is 18.7. The third-order valence-corrected chi connectivity index (χ3v) is 4.77. The second-order valence-electron chi connectivity index (χ2n) is 6.85. The Balaban J connectivity index is 1.36. The van der Waals surface area contributed by atoms with Crippen molar-refractivity contribution in [2.75, 3.05) is 13.2 Å². The molecule has 1 atom stereocenters. The van der Waals surface area contributed by atoms with Crippen LogP contribution in [0.4, 0.5) is 0 Å². The summed E-state index contributed by atoms with van der Waals surface area (Å²) in [7, 11) is 0. The van der Waals surface area contributed by atoms with Crippen molar-refractivity contribution in [1.29, 1.82) is 0 Å². The molecular weight excluding hydrogens is 382 g/mol. The number of para-hydroxylation sites is 3. The lowest BCUT2D eigenvalue weighted by atomic mass is 10.2. The molecule has 1 unspecified atom stereocenters. The van der Waals surface area contributed by atoms with E-state index in [-0.39, 0.29) is 12.0 Å². The van der Waals surface area contributed by atoms with Crippen LogP contribution in [0.15, 0.2) is 83.5 Å². The molecule has 1 aliphatic rings. The molecule has 1 aliphatic heterocycles. The smallest absolute Gasteiger partial charge is 0.270 e. The third-order valence-electron chi connectivity index (χ3n) is 4.77. The number of nitrogens with one attached hydrogen (secondary N) is 1. The van der Waals surface area contributed by atoms with E-state index in [1.54, 1.807) is 23.1 Å². The standard InChI is InChI=1S/C23H19N3O4/c27-23(24-14-17-15-29-21-9-4-5-10-22(21)30-17)19-13-18(20-11-6-12-28-20)25-26(19)16-7-2-1-3-8-16/h1-13,17H,14-15H2,(H,24,27). The average Bonchev–Trinajstić information content (AvgIpc) is 3.48. The number of rotatable bonds is 5. The predicted molar refractivity (Wildman–Crippen MR) is 110 cm³/mol. The SMILES string of the molecule is O=C(NCC1COc2ccccc2O1)c1cc(-c2ccco2)nn1-c1ccccc1. The molecule has 4 aromatic rings. The Kier molecular flexibility index (Phi) is 4.69. The van der Waals surface area contributed by atoms with Crippen LogP contribution in [0.5, 0.6) is 11.5 Å². The van der Waals surface area contributed by atoms with Crippen molar-refractivity contribution in [2.45, 2.75) is 6.10 Å². The minimum atomic E-state index is -0.276. The van der Waals surface area contributed by atoms with Crippen LogP contribution in [0.2, 0.25) is 0 Å². The van der Waals surface area contributed by atoms with Crippen molar-refractivity contribution in [1.82, 2.24) is 15.1 Å². The first-order valence-corrected chi connectivity index (χ1v) is 9.64. The van der Waals surface area contributed by atoms with Crippen LogP contribution in [0.3, 0.4) is 0 Å². The van der Waals surface area contributed by atoms with Gasteiger partial charge in [-0.25, -0.2) is 4.68 Å². The summed E-state index contributed by atoms with van der Waals surface area (Å²) in [5.74, 6) is 1.73. The molecule has 2 aromatic carbocycles. The maximum atomic E-state index is 13.0. The maximum Gasteiger partial charge on any atom is 0.270 e. The number of hydrogen-bond acceptors (Lipinski definition) is 5. The predicted octanol–water partition coefficient (Wildman–Crippen LogP) is 3.70. The van der Waals surface area contributed by atoms with Crippen LogP contribution in [0, 0.1) is 0 Å². The van der Waals surface area contributed by atoms with E-state index >= 15 is 0 Å². The van der Waals surface area contributed by atoms with Crippen molar-refractivity contribution in [2.24, 2.45) is 0 Å². The number of furan rings is 1. The highest BCUT2D eigenvalue weighted by atomic mass is 16.6. The fourth-order valence-electron chi connectivity index (χ4n) is 3.31. The summed E-state index contributed by atoms with van der Waals surface area (Å²) in [4.78, 5) is 13.0. The molecule has 0 saturated heterocycles. The van der Waals surface area contributed by atoms with Gasteiger partial charge in [0.05, 0.1) is 18.5 Å². The molecule has 7 nitrogen and oxygen atoms in total. The first-order valence-electron chi connectivity index (χ1n) is 9.64. The second kappa shape index (κ2) is 7.79. The van der Waals surface area contributed by atoms with E-state index in [0.717, 1.165) is 5.69 Å². The van der Waals surface area contributed by atoms with Gasteiger partial charge in [0.25, 0.3) is 5.91 Å². The first-order chi connectivity index (χ1) is 14.8. The quantitative estimate of drug-likeness (QED) is 0.552. The van der Waals surface area contributed by atoms with Gasteiger partial charge in [-0.2, -0.15) is 5.10 Å². The number of ether oxygens (including phenoxy) is 2. The lowest BCUT2D eigenvalue weighted by molar-refractivity contribution is 0.0785. The summed E-state index contributed by atoms with van der Waals surface area (Å²) in [5, 5.41) is 7.51. The second-order valence-corrected chi connectivity index (χ2v) is 6.85. The fraction of sp³-hybridized carbons (Fsp3) is 0.130. The molecule has 1 N–H and O–H groups in total. The number of aromatic nitrogens is 2. The largest absolute Gasteiger partial charge is 0.486 e. The first kappa shape index (κ1) is 18.1. The molecular formula is C23H19N3O4. The molecule has 0 bridgehead atoms. The lowest BCUT2D eigenvalue weighted by Crippen LogP contribution is -2.41. The minimum absolute atomic E-state index is 0.258. The van der Waals surface area contributed by atoms with Crippen molar-refractivity contribution < 1.29 is 18.7 Å². The molecule has 1 amide bonds. The molecule has 5 rings (SSSR count). The van der Waals surface area contributed by atoms with Crippen molar-refractivity contribution in [3.8, 4) is 28.6 Å². The Bertz CT molecular complexity index is 1150. The van der Waals surface area contributed by atoms with Gasteiger partial charge in [0.1, 0.15) is 24.1 Å². The minimum Gasteiger partial charge on any atom is -0.486 e. The molecule has 0 radical (unpaired) electrons. The van der Waals surface area contributed by atoms with Gasteiger partial charge in [-0.1, -0.05) is 30.3 Å². The van der Waals surface area contributed by atoms with Crippen LogP contribution in [-0.4, -0.2) is 34.9 Å². The highest BCUT2D eigenvalue weighted by Crippen LogP contribution is 2.30. The van der Waals surface area contributed by atoms with Crippen LogP contribution in [0.25, 0.3) is 17.1 Å². The van der Waals surface area contributed by atoms with E-state index < -0.39 is 0 Å². The van der Waals surface area contributed by atoms with Gasteiger partial charge in [0.15, 0.2) is 17.3 Å². The number of carbonyl (C=O) groups excluding carboxylic acids is 1. The normalized spacial score (nSPS) is 15.0. The highest BCUT2D eigenvalue weighted by molar-refractivity contribution is 5.94. The number of fused-ring (bicyclic) bond motifs is 1. The number of nitrogens with zero attached hydrogens (tertiary/aromatic N) is 2. The molecule has 0 saturated carbocycles. The van der Waals surface area contributed by atoms with E-state index in [2.05, 4.69) is 10.4 Å². The zero-order valence-corrected chi connectivity index (χ0v) is 16.0. The van der Waals surface area contributed by atoms with E-state index in [1.807, 2.05) is 60.7 Å². The van der Waals surface area contributed by atoms with E-state index in [0.29, 0.717) is 41.8 Å².